The molecule has 2 N–H and O–H groups in total. The predicted molar refractivity (Wildman–Crippen MR) is 98.6 cm³/mol. The lowest BCUT2D eigenvalue weighted by Gasteiger charge is -2.27. The number of carbonyl (C=O) groups is 2. The third-order valence-corrected chi connectivity index (χ3v) is 4.53. The van der Waals surface area contributed by atoms with Gasteiger partial charge in [0.2, 0.25) is 5.91 Å². The van der Waals surface area contributed by atoms with Crippen LogP contribution in [0.1, 0.15) is 30.1 Å². The second kappa shape index (κ2) is 9.14. The molecule has 0 unspecified atom stereocenters. The molecule has 0 bridgehead atoms. The van der Waals surface area contributed by atoms with Crippen molar-refractivity contribution in [1.29, 1.82) is 0 Å². The van der Waals surface area contributed by atoms with Crippen LogP contribution in [0.15, 0.2) is 54.9 Å². The number of aromatic nitrogens is 1. The number of rotatable bonds is 6. The molecule has 1 aliphatic rings. The summed E-state index contributed by atoms with van der Waals surface area (Å²) < 4.78 is 5.21. The fraction of sp³-hybridized carbons (Fsp3) is 0.350. The molecule has 2 amide bonds. The van der Waals surface area contributed by atoms with Crippen LogP contribution in [-0.4, -0.2) is 46.1 Å². The first-order chi connectivity index (χ1) is 13.1. The summed E-state index contributed by atoms with van der Waals surface area (Å²) >= 11 is 0. The van der Waals surface area contributed by atoms with Crippen molar-refractivity contribution in [3.05, 3.63) is 66.0 Å². The van der Waals surface area contributed by atoms with Crippen LogP contribution < -0.4 is 5.32 Å². The summed E-state index contributed by atoms with van der Waals surface area (Å²) in [5, 5.41) is 13.2. The predicted octanol–water partition coefficient (Wildman–Crippen LogP) is 2.03. The van der Waals surface area contributed by atoms with Crippen molar-refractivity contribution < 1.29 is 19.4 Å². The van der Waals surface area contributed by atoms with E-state index < -0.39 is 18.2 Å². The van der Waals surface area contributed by atoms with Gasteiger partial charge in [-0.15, -0.1) is 0 Å². The van der Waals surface area contributed by atoms with Crippen molar-refractivity contribution in [2.24, 2.45) is 0 Å². The van der Waals surface area contributed by atoms with Crippen LogP contribution in [0.2, 0.25) is 0 Å². The van der Waals surface area contributed by atoms with E-state index in [4.69, 9.17) is 4.74 Å². The van der Waals surface area contributed by atoms with Gasteiger partial charge in [0.05, 0.1) is 0 Å². The molecule has 7 nitrogen and oxygen atoms in total. The van der Waals surface area contributed by atoms with Crippen LogP contribution in [0.3, 0.4) is 0 Å². The average molecular weight is 369 g/mol. The zero-order valence-electron chi connectivity index (χ0n) is 15.0. The van der Waals surface area contributed by atoms with Gasteiger partial charge in [0.25, 0.3) is 0 Å². The SMILES string of the molecule is O=C(N[C@@H](C(=O)N1CCCC1)[C@@H](O)c1ccncc1)OCc1ccccc1. The number of likely N-dealkylation sites (tertiary alicyclic amines) is 1. The molecule has 0 saturated carbocycles. The molecular weight excluding hydrogens is 346 g/mol. The number of aliphatic hydroxyl groups excluding tert-OH is 1. The second-order valence-electron chi connectivity index (χ2n) is 6.44. The summed E-state index contributed by atoms with van der Waals surface area (Å²) in [6.07, 6.45) is 2.97. The Labute approximate surface area is 158 Å². The third-order valence-electron chi connectivity index (χ3n) is 4.53. The van der Waals surface area contributed by atoms with Crippen LogP contribution in [-0.2, 0) is 16.1 Å². The first-order valence-corrected chi connectivity index (χ1v) is 8.99. The van der Waals surface area contributed by atoms with Gasteiger partial charge in [0.1, 0.15) is 18.8 Å². The van der Waals surface area contributed by atoms with Gasteiger partial charge in [-0.3, -0.25) is 9.78 Å². The Morgan fingerprint density at radius 1 is 1.11 bits per heavy atom. The maximum absolute atomic E-state index is 12.9. The fourth-order valence-corrected chi connectivity index (χ4v) is 3.05. The molecule has 0 radical (unpaired) electrons. The maximum Gasteiger partial charge on any atom is 0.408 e. The number of carbonyl (C=O) groups excluding carboxylic acids is 2. The minimum Gasteiger partial charge on any atom is -0.445 e. The van der Waals surface area contributed by atoms with Crippen LogP contribution in [0.4, 0.5) is 4.79 Å². The molecule has 1 aromatic carbocycles. The third kappa shape index (κ3) is 5.04. The van der Waals surface area contributed by atoms with Crippen molar-refractivity contribution in [2.75, 3.05) is 13.1 Å². The van der Waals surface area contributed by atoms with E-state index in [9.17, 15) is 14.7 Å². The topological polar surface area (TPSA) is 91.8 Å². The standard InChI is InChI=1S/C20H23N3O4/c24-18(16-8-10-21-11-9-16)17(19(25)23-12-4-5-13-23)22-20(26)27-14-15-6-2-1-3-7-15/h1-3,6-11,17-18,24H,4-5,12-14H2,(H,22,26)/t17-,18+/m1/s1. The Hall–Kier alpha value is -2.93. The zero-order valence-corrected chi connectivity index (χ0v) is 15.0. The van der Waals surface area contributed by atoms with E-state index in [0.29, 0.717) is 18.7 Å². The van der Waals surface area contributed by atoms with Gasteiger partial charge >= 0.3 is 6.09 Å². The van der Waals surface area contributed by atoms with Gasteiger partial charge in [-0.25, -0.2) is 4.79 Å². The van der Waals surface area contributed by atoms with Crippen molar-refractivity contribution in [3.63, 3.8) is 0 Å². The van der Waals surface area contributed by atoms with Gasteiger partial charge < -0.3 is 20.1 Å². The lowest BCUT2D eigenvalue weighted by Crippen LogP contribution is -2.51. The molecule has 142 valence electrons. The highest BCUT2D eigenvalue weighted by Crippen LogP contribution is 2.20. The number of nitrogens with zero attached hydrogens (tertiary/aromatic N) is 2. The highest BCUT2D eigenvalue weighted by atomic mass is 16.5. The summed E-state index contributed by atoms with van der Waals surface area (Å²) in [4.78, 5) is 30.7. The molecule has 27 heavy (non-hydrogen) atoms. The second-order valence-corrected chi connectivity index (χ2v) is 6.44. The number of pyridine rings is 1. The van der Waals surface area contributed by atoms with Gasteiger partial charge in [0.15, 0.2) is 0 Å². The number of aliphatic hydroxyl groups is 1. The van der Waals surface area contributed by atoms with E-state index in [2.05, 4.69) is 10.3 Å². The summed E-state index contributed by atoms with van der Waals surface area (Å²) in [5.41, 5.74) is 1.34. The van der Waals surface area contributed by atoms with Crippen LogP contribution in [0.5, 0.6) is 0 Å². The lowest BCUT2D eigenvalue weighted by molar-refractivity contribution is -0.135. The quantitative estimate of drug-likeness (QED) is 0.813. The van der Waals surface area contributed by atoms with Gasteiger partial charge in [-0.05, 0) is 36.1 Å². The zero-order chi connectivity index (χ0) is 19.1. The minimum atomic E-state index is -1.19. The van der Waals surface area contributed by atoms with Gasteiger partial charge in [0, 0.05) is 25.5 Å². The largest absolute Gasteiger partial charge is 0.445 e. The molecule has 7 heteroatoms. The molecular formula is C20H23N3O4. The summed E-state index contributed by atoms with van der Waals surface area (Å²) in [7, 11) is 0. The van der Waals surface area contributed by atoms with E-state index in [1.807, 2.05) is 30.3 Å². The van der Waals surface area contributed by atoms with E-state index in [1.54, 1.807) is 17.0 Å². The first kappa shape index (κ1) is 18.8. The normalized spacial score (nSPS) is 15.8. The lowest BCUT2D eigenvalue weighted by atomic mass is 10.0. The molecule has 0 spiro atoms. The molecule has 0 aliphatic carbocycles. The molecule has 3 rings (SSSR count). The van der Waals surface area contributed by atoms with Gasteiger partial charge in [-0.2, -0.15) is 0 Å². The summed E-state index contributed by atoms with van der Waals surface area (Å²) in [5.74, 6) is -0.312. The monoisotopic (exact) mass is 369 g/mol. The van der Waals surface area contributed by atoms with E-state index >= 15 is 0 Å². The number of ether oxygens (including phenoxy) is 1. The Balaban J connectivity index is 1.68. The first-order valence-electron chi connectivity index (χ1n) is 8.99. The Kier molecular flexibility index (Phi) is 6.38. The Bertz CT molecular complexity index is 748. The molecule has 1 fully saturated rings. The Morgan fingerprint density at radius 3 is 2.44 bits per heavy atom. The molecule has 2 atom stereocenters. The smallest absolute Gasteiger partial charge is 0.408 e. The number of benzene rings is 1. The van der Waals surface area contributed by atoms with E-state index in [0.717, 1.165) is 18.4 Å². The highest BCUT2D eigenvalue weighted by Gasteiger charge is 2.34. The van der Waals surface area contributed by atoms with Crippen molar-refractivity contribution in [1.82, 2.24) is 15.2 Å². The van der Waals surface area contributed by atoms with Gasteiger partial charge in [-0.1, -0.05) is 30.3 Å². The molecule has 1 saturated heterocycles. The molecule has 2 heterocycles. The molecule has 1 aliphatic heterocycles. The number of hydrogen-bond donors (Lipinski definition) is 2. The van der Waals surface area contributed by atoms with E-state index in [1.165, 1.54) is 12.4 Å². The maximum atomic E-state index is 12.9. The summed E-state index contributed by atoms with van der Waals surface area (Å²) in [6.45, 7) is 1.33. The molecule has 2 aromatic rings. The fourth-order valence-electron chi connectivity index (χ4n) is 3.05. The number of nitrogens with one attached hydrogen (secondary N) is 1. The van der Waals surface area contributed by atoms with Crippen LogP contribution in [0.25, 0.3) is 0 Å². The molecule has 1 aromatic heterocycles. The Morgan fingerprint density at radius 2 is 1.78 bits per heavy atom. The van der Waals surface area contributed by atoms with Crippen molar-refractivity contribution >= 4 is 12.0 Å². The average Bonchev–Trinajstić information content (AvgIpc) is 3.26. The highest BCUT2D eigenvalue weighted by molar-refractivity contribution is 5.86. The van der Waals surface area contributed by atoms with E-state index in [-0.39, 0.29) is 12.5 Å². The van der Waals surface area contributed by atoms with Crippen molar-refractivity contribution in [2.45, 2.75) is 31.6 Å². The number of amides is 2. The number of hydrogen-bond acceptors (Lipinski definition) is 5. The summed E-state index contributed by atoms with van der Waals surface area (Å²) in [6, 6.07) is 11.4. The van der Waals surface area contributed by atoms with Crippen LogP contribution >= 0.6 is 0 Å². The van der Waals surface area contributed by atoms with Crippen LogP contribution in [0, 0.1) is 0 Å². The minimum absolute atomic E-state index is 0.0860. The van der Waals surface area contributed by atoms with Crippen molar-refractivity contribution in [3.8, 4) is 0 Å². The number of alkyl carbamates (subject to hydrolysis) is 1.